The Balaban J connectivity index is 1.75. The quantitative estimate of drug-likeness (QED) is 0.598. The molecule has 2 fully saturated rings. The molecule has 0 aliphatic carbocycles. The van der Waals surface area contributed by atoms with Crippen molar-refractivity contribution < 1.29 is 9.90 Å². The third-order valence-corrected chi connectivity index (χ3v) is 2.81. The van der Waals surface area contributed by atoms with Gasteiger partial charge >= 0.3 is 0 Å². The van der Waals surface area contributed by atoms with Gasteiger partial charge < -0.3 is 10.4 Å². The third-order valence-electron chi connectivity index (χ3n) is 2.81. The second-order valence-corrected chi connectivity index (χ2v) is 4.01. The molecule has 2 atom stereocenters. The number of aliphatic hydroxyl groups excluding tert-OH is 1. The first-order valence-electron chi connectivity index (χ1n) is 4.94. The van der Waals surface area contributed by atoms with Gasteiger partial charge in [-0.05, 0) is 12.8 Å². The average Bonchev–Trinajstić information content (AvgIpc) is 2.62. The van der Waals surface area contributed by atoms with Gasteiger partial charge in [0, 0.05) is 32.1 Å². The molecule has 2 aliphatic heterocycles. The third kappa shape index (κ3) is 2.19. The smallest absolute Gasteiger partial charge is 0.220 e. The molecule has 0 radical (unpaired) electrons. The van der Waals surface area contributed by atoms with Crippen LogP contribution in [0.3, 0.4) is 0 Å². The highest BCUT2D eigenvalue weighted by Gasteiger charge is 2.26. The van der Waals surface area contributed by atoms with E-state index in [0.717, 1.165) is 32.5 Å². The Morgan fingerprint density at radius 2 is 2.38 bits per heavy atom. The zero-order chi connectivity index (χ0) is 9.26. The van der Waals surface area contributed by atoms with E-state index >= 15 is 0 Å². The zero-order valence-electron chi connectivity index (χ0n) is 7.70. The number of rotatable bonds is 2. The van der Waals surface area contributed by atoms with E-state index < -0.39 is 0 Å². The van der Waals surface area contributed by atoms with Gasteiger partial charge in [-0.25, -0.2) is 0 Å². The Morgan fingerprint density at radius 3 is 2.92 bits per heavy atom. The van der Waals surface area contributed by atoms with Crippen molar-refractivity contribution >= 4 is 5.91 Å². The summed E-state index contributed by atoms with van der Waals surface area (Å²) in [5.74, 6) is 0.171. The maximum Gasteiger partial charge on any atom is 0.220 e. The van der Waals surface area contributed by atoms with E-state index in [1.54, 1.807) is 0 Å². The molecule has 0 spiro atoms. The first-order valence-corrected chi connectivity index (χ1v) is 4.94. The monoisotopic (exact) mass is 184 g/mol. The number of likely N-dealkylation sites (tertiary alicyclic amines) is 1. The number of hydrogen-bond acceptors (Lipinski definition) is 3. The lowest BCUT2D eigenvalue weighted by Crippen LogP contribution is -2.37. The van der Waals surface area contributed by atoms with E-state index in [1.807, 2.05) is 0 Å². The molecule has 0 aromatic rings. The molecule has 2 N–H and O–H groups in total. The summed E-state index contributed by atoms with van der Waals surface area (Å²) in [6.45, 7) is 2.64. The number of carbonyl (C=O) groups excluding carboxylic acids is 1. The molecule has 0 bridgehead atoms. The predicted molar refractivity (Wildman–Crippen MR) is 48.2 cm³/mol. The molecule has 0 aromatic heterocycles. The van der Waals surface area contributed by atoms with Gasteiger partial charge in [0.1, 0.15) is 0 Å². The number of aliphatic hydroxyl groups is 1. The van der Waals surface area contributed by atoms with Crippen LogP contribution in [0.25, 0.3) is 0 Å². The maximum atomic E-state index is 10.9. The van der Waals surface area contributed by atoms with Crippen molar-refractivity contribution in [3.05, 3.63) is 0 Å². The molecular formula is C9H16N2O2. The van der Waals surface area contributed by atoms with Crippen LogP contribution in [0.1, 0.15) is 19.3 Å². The molecule has 2 unspecified atom stereocenters. The Kier molecular flexibility index (Phi) is 2.51. The average molecular weight is 184 g/mol. The van der Waals surface area contributed by atoms with Gasteiger partial charge in [0.15, 0.2) is 0 Å². The number of nitrogens with zero attached hydrogens (tertiary/aromatic N) is 1. The van der Waals surface area contributed by atoms with Crippen molar-refractivity contribution in [3.8, 4) is 0 Å². The summed E-state index contributed by atoms with van der Waals surface area (Å²) in [5.41, 5.74) is 0. The lowest BCUT2D eigenvalue weighted by molar-refractivity contribution is -0.119. The summed E-state index contributed by atoms with van der Waals surface area (Å²) in [6.07, 6.45) is 2.34. The first kappa shape index (κ1) is 8.97. The minimum atomic E-state index is -0.155. The molecule has 2 heterocycles. The molecular weight excluding hydrogens is 168 g/mol. The van der Waals surface area contributed by atoms with Crippen molar-refractivity contribution in [1.82, 2.24) is 10.2 Å². The second kappa shape index (κ2) is 3.64. The van der Waals surface area contributed by atoms with Crippen LogP contribution in [0.2, 0.25) is 0 Å². The van der Waals surface area contributed by atoms with Crippen molar-refractivity contribution in [2.24, 2.45) is 0 Å². The Bertz CT molecular complexity index is 208. The minimum Gasteiger partial charge on any atom is -0.392 e. The molecule has 2 aliphatic rings. The summed E-state index contributed by atoms with van der Waals surface area (Å²) >= 11 is 0. The number of nitrogens with one attached hydrogen (secondary N) is 1. The molecule has 1 amide bonds. The highest BCUT2D eigenvalue weighted by atomic mass is 16.3. The molecule has 2 rings (SSSR count). The predicted octanol–water partition coefficient (Wildman–Crippen LogP) is -0.668. The van der Waals surface area contributed by atoms with Gasteiger partial charge in [-0.3, -0.25) is 9.69 Å². The van der Waals surface area contributed by atoms with E-state index in [4.69, 9.17) is 0 Å². The van der Waals surface area contributed by atoms with Crippen LogP contribution in [0, 0.1) is 0 Å². The van der Waals surface area contributed by atoms with Crippen LogP contribution in [0.15, 0.2) is 0 Å². The van der Waals surface area contributed by atoms with Gasteiger partial charge in [-0.2, -0.15) is 0 Å². The summed E-state index contributed by atoms with van der Waals surface area (Å²) in [6, 6.07) is 0.317. The normalized spacial score (nSPS) is 35.3. The van der Waals surface area contributed by atoms with Crippen molar-refractivity contribution in [2.75, 3.05) is 19.6 Å². The Hall–Kier alpha value is -0.610. The van der Waals surface area contributed by atoms with Crippen LogP contribution in [-0.2, 0) is 4.79 Å². The van der Waals surface area contributed by atoms with Crippen LogP contribution >= 0.6 is 0 Å². The Labute approximate surface area is 77.9 Å². The highest BCUT2D eigenvalue weighted by Crippen LogP contribution is 2.13. The van der Waals surface area contributed by atoms with Gasteiger partial charge in [-0.1, -0.05) is 0 Å². The van der Waals surface area contributed by atoms with E-state index in [-0.39, 0.29) is 12.0 Å². The summed E-state index contributed by atoms with van der Waals surface area (Å²) in [4.78, 5) is 13.1. The molecule has 2 saturated heterocycles. The number of carbonyl (C=O) groups is 1. The van der Waals surface area contributed by atoms with Gasteiger partial charge in [0.25, 0.3) is 0 Å². The van der Waals surface area contributed by atoms with E-state index in [2.05, 4.69) is 10.2 Å². The SMILES string of the molecule is O=C1CCC(CN2CCC(O)C2)N1. The zero-order valence-corrected chi connectivity index (χ0v) is 7.70. The van der Waals surface area contributed by atoms with E-state index in [9.17, 15) is 9.90 Å². The van der Waals surface area contributed by atoms with Crippen molar-refractivity contribution in [3.63, 3.8) is 0 Å². The summed E-state index contributed by atoms with van der Waals surface area (Å²) in [5, 5.41) is 12.2. The second-order valence-electron chi connectivity index (χ2n) is 4.01. The van der Waals surface area contributed by atoms with Gasteiger partial charge in [-0.15, -0.1) is 0 Å². The lowest BCUT2D eigenvalue weighted by atomic mass is 10.2. The number of hydrogen-bond donors (Lipinski definition) is 2. The van der Waals surface area contributed by atoms with Crippen LogP contribution < -0.4 is 5.32 Å². The fourth-order valence-corrected chi connectivity index (χ4v) is 2.10. The fraction of sp³-hybridized carbons (Fsp3) is 0.889. The number of amides is 1. The van der Waals surface area contributed by atoms with E-state index in [0.29, 0.717) is 12.5 Å². The van der Waals surface area contributed by atoms with Crippen LogP contribution in [0.5, 0.6) is 0 Å². The highest BCUT2D eigenvalue weighted by molar-refractivity contribution is 5.78. The summed E-state index contributed by atoms with van der Waals surface area (Å²) < 4.78 is 0. The summed E-state index contributed by atoms with van der Waals surface area (Å²) in [7, 11) is 0. The lowest BCUT2D eigenvalue weighted by Gasteiger charge is -2.19. The molecule has 74 valence electrons. The first-order chi connectivity index (χ1) is 6.24. The molecule has 0 aromatic carbocycles. The topological polar surface area (TPSA) is 52.6 Å². The molecule has 4 nitrogen and oxygen atoms in total. The fourth-order valence-electron chi connectivity index (χ4n) is 2.10. The molecule has 4 heteroatoms. The van der Waals surface area contributed by atoms with Crippen LogP contribution in [-0.4, -0.2) is 47.7 Å². The van der Waals surface area contributed by atoms with Gasteiger partial charge in [0.2, 0.25) is 5.91 Å². The minimum absolute atomic E-state index is 0.155. The standard InChI is InChI=1S/C9H16N2O2/c12-8-3-4-11(6-8)5-7-1-2-9(13)10-7/h7-8,12H,1-6H2,(H,10,13). The maximum absolute atomic E-state index is 10.9. The van der Waals surface area contributed by atoms with Crippen molar-refractivity contribution in [1.29, 1.82) is 0 Å². The van der Waals surface area contributed by atoms with Gasteiger partial charge in [0.05, 0.1) is 6.10 Å². The van der Waals surface area contributed by atoms with Crippen molar-refractivity contribution in [2.45, 2.75) is 31.4 Å². The molecule has 13 heavy (non-hydrogen) atoms. The largest absolute Gasteiger partial charge is 0.392 e. The number of β-amino-alcohol motifs (C(OH)–C–C–N with tert-alkyl or cyclic N) is 1. The van der Waals surface area contributed by atoms with E-state index in [1.165, 1.54) is 0 Å². The molecule has 0 saturated carbocycles. The van der Waals surface area contributed by atoms with Crippen LogP contribution in [0.4, 0.5) is 0 Å². The Morgan fingerprint density at radius 1 is 1.54 bits per heavy atom.